The second-order valence-electron chi connectivity index (χ2n) is 10.9. The van der Waals surface area contributed by atoms with E-state index < -0.39 is 18.3 Å². The number of aliphatic hydroxyl groups excluding tert-OH is 2. The van der Waals surface area contributed by atoms with Crippen LogP contribution in [-0.4, -0.2) is 128 Å². The largest absolute Gasteiger partial charge is 0.492 e. The molecule has 1 aromatic rings. The molecule has 3 atom stereocenters. The van der Waals surface area contributed by atoms with Crippen molar-refractivity contribution in [3.63, 3.8) is 0 Å². The Bertz CT molecular complexity index is 850. The van der Waals surface area contributed by atoms with Crippen LogP contribution in [0.3, 0.4) is 0 Å². The van der Waals surface area contributed by atoms with Crippen LogP contribution in [0.25, 0.3) is 0 Å². The molecule has 1 aliphatic rings. The topological polar surface area (TPSA) is 112 Å². The van der Waals surface area contributed by atoms with Crippen LogP contribution in [0.4, 0.5) is 0 Å². The highest BCUT2D eigenvalue weighted by atomic mass is 16.5. The zero-order chi connectivity index (χ0) is 28.8. The van der Waals surface area contributed by atoms with E-state index in [-0.39, 0.29) is 31.5 Å². The SMILES string of the molecule is CC(=O)N1CCN(C(=O)c2ccc(OCCN(C)C)cc2)CCCCOC[C@@H](O)[C@@H](O)[C@H](OCCC(C)C)C1. The van der Waals surface area contributed by atoms with Gasteiger partial charge in [-0.05, 0) is 63.5 Å². The minimum Gasteiger partial charge on any atom is -0.492 e. The molecular weight excluding hydrogens is 502 g/mol. The fourth-order valence-electron chi connectivity index (χ4n) is 4.14. The molecule has 0 saturated carbocycles. The van der Waals surface area contributed by atoms with Crippen molar-refractivity contribution in [2.24, 2.45) is 5.92 Å². The summed E-state index contributed by atoms with van der Waals surface area (Å²) in [4.78, 5) is 31.4. The van der Waals surface area contributed by atoms with Gasteiger partial charge in [-0.3, -0.25) is 9.59 Å². The monoisotopic (exact) mass is 551 g/mol. The van der Waals surface area contributed by atoms with Crippen LogP contribution in [-0.2, 0) is 14.3 Å². The van der Waals surface area contributed by atoms with Gasteiger partial charge in [0.2, 0.25) is 5.91 Å². The Balaban J connectivity index is 2.14. The molecule has 2 amide bonds. The summed E-state index contributed by atoms with van der Waals surface area (Å²) in [5.41, 5.74) is 0.551. The molecule has 0 spiro atoms. The molecule has 2 N–H and O–H groups in total. The standard InChI is InChI=1S/C29H49N3O7/c1-22(2)12-18-39-27-20-32(23(3)33)15-14-31(13-6-7-17-37-21-26(34)28(27)35)29(36)24-8-10-25(11-9-24)38-19-16-30(4)5/h8-11,22,26-28,34-35H,6-7,12-21H2,1-5H3/t26-,27-,28-/m1/s1. The number of aliphatic hydroxyl groups is 2. The van der Waals surface area contributed by atoms with Crippen LogP contribution in [0.15, 0.2) is 24.3 Å². The smallest absolute Gasteiger partial charge is 0.253 e. The third-order valence-electron chi connectivity index (χ3n) is 6.74. The van der Waals surface area contributed by atoms with E-state index in [1.54, 1.807) is 34.1 Å². The van der Waals surface area contributed by atoms with Crippen molar-refractivity contribution in [3.8, 4) is 5.75 Å². The van der Waals surface area contributed by atoms with Gasteiger partial charge < -0.3 is 39.1 Å². The molecule has 222 valence electrons. The van der Waals surface area contributed by atoms with Crippen LogP contribution >= 0.6 is 0 Å². The Morgan fingerprint density at radius 2 is 1.74 bits per heavy atom. The molecule has 0 bridgehead atoms. The number of nitrogens with zero attached hydrogens (tertiary/aromatic N) is 3. The van der Waals surface area contributed by atoms with Crippen molar-refractivity contribution in [1.29, 1.82) is 0 Å². The first-order valence-electron chi connectivity index (χ1n) is 14.1. The fourth-order valence-corrected chi connectivity index (χ4v) is 4.14. The third kappa shape index (κ3) is 12.2. The average molecular weight is 552 g/mol. The number of amides is 2. The average Bonchev–Trinajstić information content (AvgIpc) is 2.89. The lowest BCUT2D eigenvalue weighted by Crippen LogP contribution is -2.50. The van der Waals surface area contributed by atoms with Crippen LogP contribution in [0.2, 0.25) is 0 Å². The lowest BCUT2D eigenvalue weighted by Gasteiger charge is -2.33. The van der Waals surface area contributed by atoms with E-state index in [0.29, 0.717) is 63.0 Å². The molecule has 0 unspecified atom stereocenters. The van der Waals surface area contributed by atoms with E-state index in [9.17, 15) is 19.8 Å². The molecule has 0 radical (unpaired) electrons. The first-order valence-corrected chi connectivity index (χ1v) is 14.1. The summed E-state index contributed by atoms with van der Waals surface area (Å²) >= 11 is 0. The van der Waals surface area contributed by atoms with E-state index in [0.717, 1.165) is 13.0 Å². The Kier molecular flexibility index (Phi) is 14.8. The lowest BCUT2D eigenvalue weighted by molar-refractivity contribution is -0.140. The molecule has 2 rings (SSSR count). The predicted molar refractivity (Wildman–Crippen MR) is 150 cm³/mol. The van der Waals surface area contributed by atoms with Gasteiger partial charge in [0.05, 0.1) is 6.61 Å². The number of carbonyl (C=O) groups excluding carboxylic acids is 2. The van der Waals surface area contributed by atoms with E-state index in [2.05, 4.69) is 13.8 Å². The molecular formula is C29H49N3O7. The maximum atomic E-state index is 13.4. The molecule has 0 aromatic heterocycles. The summed E-state index contributed by atoms with van der Waals surface area (Å²) in [7, 11) is 3.97. The molecule has 1 fully saturated rings. The highest BCUT2D eigenvalue weighted by Gasteiger charge is 2.30. The predicted octanol–water partition coefficient (Wildman–Crippen LogP) is 1.88. The molecule has 39 heavy (non-hydrogen) atoms. The van der Waals surface area contributed by atoms with Gasteiger partial charge in [-0.25, -0.2) is 0 Å². The fraction of sp³-hybridized carbons (Fsp3) is 0.724. The zero-order valence-electron chi connectivity index (χ0n) is 24.4. The Morgan fingerprint density at radius 1 is 1.05 bits per heavy atom. The van der Waals surface area contributed by atoms with Crippen molar-refractivity contribution in [2.75, 3.05) is 73.2 Å². The molecule has 10 nitrogen and oxygen atoms in total. The second kappa shape index (κ2) is 17.5. The minimum atomic E-state index is -1.21. The van der Waals surface area contributed by atoms with Gasteiger partial charge in [0, 0.05) is 58.4 Å². The molecule has 1 heterocycles. The summed E-state index contributed by atoms with van der Waals surface area (Å²) in [6, 6.07) is 7.13. The molecule has 1 saturated heterocycles. The summed E-state index contributed by atoms with van der Waals surface area (Å²) in [5.74, 6) is 0.810. The van der Waals surface area contributed by atoms with E-state index in [4.69, 9.17) is 14.2 Å². The van der Waals surface area contributed by atoms with Crippen molar-refractivity contribution >= 4 is 11.8 Å². The number of likely N-dealkylation sites (N-methyl/N-ethyl adjacent to an activating group) is 1. The van der Waals surface area contributed by atoms with Gasteiger partial charge in [0.1, 0.15) is 30.7 Å². The Hall–Kier alpha value is -2.24. The number of benzene rings is 1. The van der Waals surface area contributed by atoms with Crippen LogP contribution in [0.5, 0.6) is 5.75 Å². The van der Waals surface area contributed by atoms with E-state index in [1.807, 2.05) is 19.0 Å². The first-order chi connectivity index (χ1) is 18.6. The van der Waals surface area contributed by atoms with Gasteiger partial charge in [-0.15, -0.1) is 0 Å². The normalized spacial score (nSPS) is 22.1. The molecule has 1 aromatic carbocycles. The van der Waals surface area contributed by atoms with Crippen molar-refractivity contribution < 1.29 is 34.0 Å². The zero-order valence-corrected chi connectivity index (χ0v) is 24.4. The molecule has 0 aliphatic carbocycles. The maximum Gasteiger partial charge on any atom is 0.253 e. The van der Waals surface area contributed by atoms with Crippen LogP contribution in [0.1, 0.15) is 50.4 Å². The van der Waals surface area contributed by atoms with Crippen molar-refractivity contribution in [3.05, 3.63) is 29.8 Å². The lowest BCUT2D eigenvalue weighted by atomic mass is 10.1. The summed E-state index contributed by atoms with van der Waals surface area (Å²) in [6.45, 7) is 8.98. The Morgan fingerprint density at radius 3 is 2.38 bits per heavy atom. The minimum absolute atomic E-state index is 0.0309. The van der Waals surface area contributed by atoms with E-state index >= 15 is 0 Å². The second-order valence-corrected chi connectivity index (χ2v) is 10.9. The molecule has 10 heteroatoms. The van der Waals surface area contributed by atoms with Gasteiger partial charge >= 0.3 is 0 Å². The number of hydrogen-bond acceptors (Lipinski definition) is 8. The third-order valence-corrected chi connectivity index (χ3v) is 6.74. The highest BCUT2D eigenvalue weighted by Crippen LogP contribution is 2.16. The van der Waals surface area contributed by atoms with Gasteiger partial charge in [-0.1, -0.05) is 13.8 Å². The number of rotatable bonds is 9. The van der Waals surface area contributed by atoms with Gasteiger partial charge in [-0.2, -0.15) is 0 Å². The molecule has 1 aliphatic heterocycles. The summed E-state index contributed by atoms with van der Waals surface area (Å²) < 4.78 is 17.3. The number of carbonyl (C=O) groups is 2. The van der Waals surface area contributed by atoms with Crippen LogP contribution in [0, 0.1) is 5.92 Å². The summed E-state index contributed by atoms with van der Waals surface area (Å²) in [6.07, 6.45) is -0.930. The highest BCUT2D eigenvalue weighted by molar-refractivity contribution is 5.94. The van der Waals surface area contributed by atoms with Gasteiger partial charge in [0.25, 0.3) is 5.91 Å². The number of ether oxygens (including phenoxy) is 3. The first kappa shape index (κ1) is 33.0. The Labute approximate surface area is 233 Å². The van der Waals surface area contributed by atoms with Crippen molar-refractivity contribution in [2.45, 2.75) is 58.3 Å². The summed E-state index contributed by atoms with van der Waals surface area (Å²) in [5, 5.41) is 21.3. The maximum absolute atomic E-state index is 13.4. The van der Waals surface area contributed by atoms with Crippen molar-refractivity contribution in [1.82, 2.24) is 14.7 Å². The quantitative estimate of drug-likeness (QED) is 0.479. The van der Waals surface area contributed by atoms with Crippen LogP contribution < -0.4 is 4.74 Å². The van der Waals surface area contributed by atoms with E-state index in [1.165, 1.54) is 6.92 Å². The number of hydrogen-bond donors (Lipinski definition) is 2. The van der Waals surface area contributed by atoms with Gasteiger partial charge in [0.15, 0.2) is 0 Å².